The van der Waals surface area contributed by atoms with Crippen molar-refractivity contribution in [2.75, 3.05) is 13.1 Å². The minimum absolute atomic E-state index is 0.0983. The van der Waals surface area contributed by atoms with E-state index >= 15 is 0 Å². The molecule has 0 saturated heterocycles. The van der Waals surface area contributed by atoms with Gasteiger partial charge in [0.1, 0.15) is 0 Å². The van der Waals surface area contributed by atoms with Crippen LogP contribution < -0.4 is 0 Å². The van der Waals surface area contributed by atoms with Crippen molar-refractivity contribution in [2.45, 2.75) is 13.8 Å². The Morgan fingerprint density at radius 1 is 1.33 bits per heavy atom. The quantitative estimate of drug-likeness (QED) is 0.690. The van der Waals surface area contributed by atoms with Gasteiger partial charge in [0, 0.05) is 19.2 Å². The number of carbonyl (C=O) groups is 1. The summed E-state index contributed by atoms with van der Waals surface area (Å²) >= 11 is 0. The molecule has 0 bridgehead atoms. The van der Waals surface area contributed by atoms with Crippen molar-refractivity contribution in [1.82, 2.24) is 4.90 Å². The topological polar surface area (TPSA) is 20.3 Å². The van der Waals surface area contributed by atoms with Gasteiger partial charge in [-0.15, -0.1) is 0 Å². The summed E-state index contributed by atoms with van der Waals surface area (Å²) in [5, 5.41) is 0. The van der Waals surface area contributed by atoms with Gasteiger partial charge in [0.15, 0.2) is 0 Å². The summed E-state index contributed by atoms with van der Waals surface area (Å²) in [6.45, 7) is 5.21. The predicted molar refractivity (Wildman–Crippen MR) is 63.4 cm³/mol. The van der Waals surface area contributed by atoms with Gasteiger partial charge >= 0.3 is 0 Å². The van der Waals surface area contributed by atoms with Gasteiger partial charge < -0.3 is 4.90 Å². The molecule has 0 aliphatic heterocycles. The largest absolute Gasteiger partial charge is 0.340 e. The Morgan fingerprint density at radius 3 is 2.47 bits per heavy atom. The highest BCUT2D eigenvalue weighted by Crippen LogP contribution is 2.01. The van der Waals surface area contributed by atoms with Crippen LogP contribution >= 0.6 is 0 Å². The molecule has 2 heteroatoms. The highest BCUT2D eigenvalue weighted by molar-refractivity contribution is 5.91. The van der Waals surface area contributed by atoms with Crippen LogP contribution in [0.3, 0.4) is 0 Å². The van der Waals surface area contributed by atoms with Gasteiger partial charge in [-0.05, 0) is 25.5 Å². The van der Waals surface area contributed by atoms with E-state index in [2.05, 4.69) is 0 Å². The smallest absolute Gasteiger partial charge is 0.246 e. The van der Waals surface area contributed by atoms with E-state index in [1.165, 1.54) is 6.08 Å². The molecule has 0 saturated carbocycles. The Labute approximate surface area is 92.6 Å². The molecule has 0 spiro atoms. The van der Waals surface area contributed by atoms with Gasteiger partial charge in [0.2, 0.25) is 5.91 Å². The highest BCUT2D eigenvalue weighted by atomic mass is 16.2. The van der Waals surface area contributed by atoms with Crippen molar-refractivity contribution in [3.05, 3.63) is 42.0 Å². The Bertz CT molecular complexity index is 369. The van der Waals surface area contributed by atoms with Crippen molar-refractivity contribution in [3.63, 3.8) is 0 Å². The van der Waals surface area contributed by atoms with Crippen molar-refractivity contribution >= 4 is 12.0 Å². The molecule has 0 unspecified atom stereocenters. The van der Waals surface area contributed by atoms with Gasteiger partial charge in [-0.1, -0.05) is 30.3 Å². The summed E-state index contributed by atoms with van der Waals surface area (Å²) in [5.41, 5.74) is 0.767. The fourth-order valence-corrected chi connectivity index (χ4v) is 1.31. The van der Waals surface area contributed by atoms with Crippen molar-refractivity contribution in [2.24, 2.45) is 0 Å². The first-order valence-electron chi connectivity index (χ1n) is 5.71. The van der Waals surface area contributed by atoms with Crippen LogP contribution in [-0.4, -0.2) is 23.9 Å². The summed E-state index contributed by atoms with van der Waals surface area (Å²) in [4.78, 5) is 13.4. The van der Waals surface area contributed by atoms with Gasteiger partial charge in [0.05, 0.1) is 1.37 Å². The number of benzene rings is 1. The second-order valence-corrected chi connectivity index (χ2v) is 3.17. The van der Waals surface area contributed by atoms with Gasteiger partial charge in [-0.2, -0.15) is 0 Å². The molecule has 15 heavy (non-hydrogen) atoms. The van der Waals surface area contributed by atoms with E-state index in [0.29, 0.717) is 13.1 Å². The van der Waals surface area contributed by atoms with Crippen LogP contribution in [0.5, 0.6) is 0 Å². The highest BCUT2D eigenvalue weighted by Gasteiger charge is 2.03. The van der Waals surface area contributed by atoms with Crippen LogP contribution in [0, 0.1) is 0 Å². The van der Waals surface area contributed by atoms with Crippen LogP contribution in [0.1, 0.15) is 20.8 Å². The third kappa shape index (κ3) is 3.58. The predicted octanol–water partition coefficient (Wildman–Crippen LogP) is 2.57. The molecule has 0 radical (unpaired) electrons. The average molecular weight is 204 g/mol. The Balaban J connectivity index is 2.81. The van der Waals surface area contributed by atoms with Crippen LogP contribution in [-0.2, 0) is 4.79 Å². The van der Waals surface area contributed by atoms with Crippen molar-refractivity contribution < 1.29 is 6.17 Å². The number of rotatable bonds is 4. The maximum absolute atomic E-state index is 11.7. The Kier molecular flexibility index (Phi) is 4.00. The zero-order valence-corrected chi connectivity index (χ0v) is 9.23. The van der Waals surface area contributed by atoms with Crippen molar-refractivity contribution in [1.29, 1.82) is 0 Å². The second-order valence-electron chi connectivity index (χ2n) is 3.17. The van der Waals surface area contributed by atoms with E-state index in [9.17, 15) is 4.79 Å². The lowest BCUT2D eigenvalue weighted by atomic mass is 10.2. The summed E-state index contributed by atoms with van der Waals surface area (Å²) < 4.78 is 7.80. The fraction of sp³-hybridized carbons (Fsp3) is 0.308. The van der Waals surface area contributed by atoms with E-state index in [4.69, 9.17) is 1.37 Å². The van der Waals surface area contributed by atoms with Crippen LogP contribution in [0.4, 0.5) is 0 Å². The van der Waals surface area contributed by atoms with Crippen LogP contribution in [0.15, 0.2) is 36.4 Å². The van der Waals surface area contributed by atoms with E-state index in [0.717, 1.165) is 5.56 Å². The van der Waals surface area contributed by atoms with E-state index in [-0.39, 0.29) is 12.0 Å². The second kappa shape index (κ2) is 6.02. The fourth-order valence-electron chi connectivity index (χ4n) is 1.31. The van der Waals surface area contributed by atoms with E-state index in [1.807, 2.05) is 44.2 Å². The van der Waals surface area contributed by atoms with E-state index < -0.39 is 0 Å². The number of hydrogen-bond donors (Lipinski definition) is 0. The molecule has 1 rings (SSSR count). The first-order valence-corrected chi connectivity index (χ1v) is 5.21. The summed E-state index contributed by atoms with van der Waals surface area (Å²) in [6, 6.07) is 9.53. The lowest BCUT2D eigenvalue weighted by Gasteiger charge is -2.15. The van der Waals surface area contributed by atoms with E-state index in [1.54, 1.807) is 4.90 Å². The molecule has 0 atom stereocenters. The maximum Gasteiger partial charge on any atom is 0.246 e. The zero-order chi connectivity index (χ0) is 12.0. The first kappa shape index (κ1) is 9.97. The summed E-state index contributed by atoms with van der Waals surface area (Å²) in [6.07, 6.45) is 1.38. The normalized spacial score (nSPS) is 12.1. The molecule has 0 aliphatic rings. The number of hydrogen-bond acceptors (Lipinski definition) is 1. The SMILES string of the molecule is [2H]/C(=C\C(=O)N(CC)CC)c1ccccc1. The molecule has 1 amide bonds. The third-order valence-electron chi connectivity index (χ3n) is 2.21. The number of amides is 1. The Hall–Kier alpha value is -1.57. The van der Waals surface area contributed by atoms with Crippen LogP contribution in [0.25, 0.3) is 6.05 Å². The van der Waals surface area contributed by atoms with Gasteiger partial charge in [0.25, 0.3) is 0 Å². The maximum atomic E-state index is 11.7. The van der Waals surface area contributed by atoms with Gasteiger partial charge in [-0.25, -0.2) is 0 Å². The zero-order valence-electron chi connectivity index (χ0n) is 10.2. The standard InChI is InChI=1S/C13H17NO/c1-3-14(4-2)13(15)11-10-12-8-6-5-7-9-12/h5-11H,3-4H2,1-2H3/b11-10+/i10D. The number of carbonyl (C=O) groups excluding carboxylic acids is 1. The monoisotopic (exact) mass is 204 g/mol. The molecule has 0 heterocycles. The number of likely N-dealkylation sites (N-methyl/N-ethyl adjacent to an activating group) is 1. The molecular weight excluding hydrogens is 186 g/mol. The molecule has 0 aliphatic carbocycles. The molecule has 0 N–H and O–H groups in total. The number of nitrogens with zero attached hydrogens (tertiary/aromatic N) is 1. The summed E-state index contributed by atoms with van der Waals surface area (Å²) in [7, 11) is 0. The molecule has 80 valence electrons. The minimum Gasteiger partial charge on any atom is -0.340 e. The molecular formula is C13H17NO. The lowest BCUT2D eigenvalue weighted by molar-refractivity contribution is -0.125. The van der Waals surface area contributed by atoms with Crippen molar-refractivity contribution in [3.8, 4) is 0 Å². The Morgan fingerprint density at radius 2 is 1.93 bits per heavy atom. The lowest BCUT2D eigenvalue weighted by Crippen LogP contribution is -2.28. The third-order valence-corrected chi connectivity index (χ3v) is 2.21. The van der Waals surface area contributed by atoms with Gasteiger partial charge in [-0.3, -0.25) is 4.79 Å². The molecule has 0 fully saturated rings. The molecule has 2 nitrogen and oxygen atoms in total. The average Bonchev–Trinajstić information content (AvgIpc) is 2.31. The minimum atomic E-state index is -0.0983. The summed E-state index contributed by atoms with van der Waals surface area (Å²) in [5.74, 6) is -0.0983. The molecule has 1 aromatic carbocycles. The molecule has 1 aromatic rings. The molecule has 0 aromatic heterocycles. The first-order chi connectivity index (χ1) is 7.69. The van der Waals surface area contributed by atoms with Crippen LogP contribution in [0.2, 0.25) is 0 Å².